The Morgan fingerprint density at radius 3 is 2.62 bits per heavy atom. The van der Waals surface area contributed by atoms with Crippen molar-refractivity contribution in [2.45, 2.75) is 9.92 Å². The molecule has 16 heavy (non-hydrogen) atoms. The van der Waals surface area contributed by atoms with Crippen LogP contribution in [0.15, 0.2) is 51.1 Å². The van der Waals surface area contributed by atoms with Gasteiger partial charge in [-0.3, -0.25) is 0 Å². The van der Waals surface area contributed by atoms with Gasteiger partial charge >= 0.3 is 0 Å². The van der Waals surface area contributed by atoms with Gasteiger partial charge in [-0.1, -0.05) is 23.9 Å². The van der Waals surface area contributed by atoms with Gasteiger partial charge in [-0.25, -0.2) is 9.97 Å². The highest BCUT2D eigenvalue weighted by Crippen LogP contribution is 2.31. The fourth-order valence-electron chi connectivity index (χ4n) is 1.07. The number of benzene rings is 1. The Morgan fingerprint density at radius 2 is 2.00 bits per heavy atom. The summed E-state index contributed by atoms with van der Waals surface area (Å²) in [4.78, 5) is 9.18. The molecule has 0 bridgehead atoms. The molecule has 2 aromatic rings. The number of hydrogen-bond acceptors (Lipinski definition) is 4. The summed E-state index contributed by atoms with van der Waals surface area (Å²) in [6.07, 6.45) is 3.07. The Bertz CT molecular complexity index is 534. The first-order valence-corrected chi connectivity index (χ1v) is 6.05. The van der Waals surface area contributed by atoms with Gasteiger partial charge in [0.25, 0.3) is 0 Å². The minimum absolute atomic E-state index is 0.330. The molecule has 0 amide bonds. The normalized spacial score (nSPS) is 9.75. The number of nitriles is 1. The smallest absolute Gasteiger partial charge is 0.158 e. The van der Waals surface area contributed by atoms with Crippen LogP contribution in [0.2, 0.25) is 0 Å². The summed E-state index contributed by atoms with van der Waals surface area (Å²) >= 11 is 4.96. The van der Waals surface area contributed by atoms with E-state index in [2.05, 4.69) is 25.9 Å². The van der Waals surface area contributed by atoms with Crippen molar-refractivity contribution in [1.29, 1.82) is 5.26 Å². The van der Waals surface area contributed by atoms with Gasteiger partial charge in [-0.15, -0.1) is 0 Å². The standard InChI is InChI=1S/C11H6BrN3S/c12-9-3-1-2-4-10(9)16-11-7-14-8(5-13)6-15-11/h1-4,6-7H. The van der Waals surface area contributed by atoms with Crippen LogP contribution in [-0.4, -0.2) is 9.97 Å². The first kappa shape index (κ1) is 11.1. The molecule has 3 nitrogen and oxygen atoms in total. The third-order valence-electron chi connectivity index (χ3n) is 1.79. The summed E-state index contributed by atoms with van der Waals surface area (Å²) in [7, 11) is 0. The second kappa shape index (κ2) is 5.10. The second-order valence-electron chi connectivity index (χ2n) is 2.88. The summed E-state index contributed by atoms with van der Waals surface area (Å²) < 4.78 is 1.02. The summed E-state index contributed by atoms with van der Waals surface area (Å²) in [5, 5.41) is 9.36. The van der Waals surface area contributed by atoms with E-state index in [-0.39, 0.29) is 0 Å². The van der Waals surface area contributed by atoms with Crippen molar-refractivity contribution < 1.29 is 0 Å². The van der Waals surface area contributed by atoms with Crippen molar-refractivity contribution in [2.75, 3.05) is 0 Å². The minimum Gasteiger partial charge on any atom is -0.245 e. The second-order valence-corrected chi connectivity index (χ2v) is 4.80. The molecule has 0 aliphatic rings. The van der Waals surface area contributed by atoms with E-state index in [1.54, 1.807) is 6.20 Å². The molecule has 0 saturated heterocycles. The molecule has 1 aromatic carbocycles. The molecule has 1 heterocycles. The van der Waals surface area contributed by atoms with E-state index in [9.17, 15) is 0 Å². The molecule has 0 fully saturated rings. The van der Waals surface area contributed by atoms with Gasteiger partial charge in [-0.05, 0) is 28.1 Å². The summed E-state index contributed by atoms with van der Waals surface area (Å²) in [6, 6.07) is 9.82. The third-order valence-corrected chi connectivity index (χ3v) is 3.74. The highest BCUT2D eigenvalue weighted by Gasteiger charge is 2.03. The van der Waals surface area contributed by atoms with E-state index >= 15 is 0 Å². The molecular formula is C11H6BrN3S. The van der Waals surface area contributed by atoms with Crippen LogP contribution in [0.1, 0.15) is 5.69 Å². The average Bonchev–Trinajstić information content (AvgIpc) is 2.33. The van der Waals surface area contributed by atoms with Crippen LogP contribution in [0, 0.1) is 11.3 Å². The lowest BCUT2D eigenvalue weighted by Crippen LogP contribution is -1.86. The molecule has 0 radical (unpaired) electrons. The molecule has 0 aliphatic carbocycles. The fourth-order valence-corrected chi connectivity index (χ4v) is 2.34. The van der Waals surface area contributed by atoms with Crippen molar-refractivity contribution in [2.24, 2.45) is 0 Å². The highest BCUT2D eigenvalue weighted by molar-refractivity contribution is 9.10. The maximum atomic E-state index is 8.60. The molecule has 5 heteroatoms. The lowest BCUT2D eigenvalue weighted by molar-refractivity contribution is 1.04. The molecule has 1 aromatic heterocycles. The summed E-state index contributed by atoms with van der Waals surface area (Å²) in [5.74, 6) is 0. The lowest BCUT2D eigenvalue weighted by atomic mass is 10.4. The van der Waals surface area contributed by atoms with Crippen LogP contribution in [0.25, 0.3) is 0 Å². The highest BCUT2D eigenvalue weighted by atomic mass is 79.9. The van der Waals surface area contributed by atoms with E-state index in [0.717, 1.165) is 14.4 Å². The van der Waals surface area contributed by atoms with Crippen LogP contribution in [0.5, 0.6) is 0 Å². The Morgan fingerprint density at radius 1 is 1.19 bits per heavy atom. The zero-order chi connectivity index (χ0) is 11.4. The van der Waals surface area contributed by atoms with Crippen LogP contribution < -0.4 is 0 Å². The monoisotopic (exact) mass is 291 g/mol. The largest absolute Gasteiger partial charge is 0.245 e. The van der Waals surface area contributed by atoms with Crippen molar-refractivity contribution in [3.05, 3.63) is 46.8 Å². The van der Waals surface area contributed by atoms with Crippen molar-refractivity contribution in [3.63, 3.8) is 0 Å². The quantitative estimate of drug-likeness (QED) is 0.852. The van der Waals surface area contributed by atoms with Crippen molar-refractivity contribution >= 4 is 27.7 Å². The Kier molecular flexibility index (Phi) is 3.54. The van der Waals surface area contributed by atoms with Gasteiger partial charge < -0.3 is 0 Å². The molecule has 0 aliphatic heterocycles. The molecule has 0 unspecified atom stereocenters. The van der Waals surface area contributed by atoms with E-state index in [4.69, 9.17) is 5.26 Å². The van der Waals surface area contributed by atoms with E-state index in [1.165, 1.54) is 18.0 Å². The Labute approximate surface area is 106 Å². The van der Waals surface area contributed by atoms with E-state index < -0.39 is 0 Å². The topological polar surface area (TPSA) is 49.6 Å². The zero-order valence-electron chi connectivity index (χ0n) is 8.09. The summed E-state index contributed by atoms with van der Waals surface area (Å²) in [6.45, 7) is 0. The van der Waals surface area contributed by atoms with Crippen LogP contribution in [0.3, 0.4) is 0 Å². The van der Waals surface area contributed by atoms with E-state index in [0.29, 0.717) is 5.69 Å². The van der Waals surface area contributed by atoms with Gasteiger partial charge in [0.1, 0.15) is 11.1 Å². The molecule has 0 saturated carbocycles. The third kappa shape index (κ3) is 2.60. The molecule has 2 rings (SSSR count). The molecule has 0 N–H and O–H groups in total. The van der Waals surface area contributed by atoms with Gasteiger partial charge in [0.2, 0.25) is 0 Å². The predicted molar refractivity (Wildman–Crippen MR) is 65.0 cm³/mol. The zero-order valence-corrected chi connectivity index (χ0v) is 10.5. The van der Waals surface area contributed by atoms with E-state index in [1.807, 2.05) is 30.3 Å². The van der Waals surface area contributed by atoms with Gasteiger partial charge in [-0.2, -0.15) is 5.26 Å². The van der Waals surface area contributed by atoms with Crippen molar-refractivity contribution in [3.8, 4) is 6.07 Å². The SMILES string of the molecule is N#Cc1cnc(Sc2ccccc2Br)cn1. The minimum atomic E-state index is 0.330. The van der Waals surface area contributed by atoms with Crippen LogP contribution in [-0.2, 0) is 0 Å². The molecule has 78 valence electrons. The first-order valence-electron chi connectivity index (χ1n) is 4.44. The number of rotatable bonds is 2. The summed E-state index contributed by atoms with van der Waals surface area (Å²) in [5.41, 5.74) is 0.330. The fraction of sp³-hybridized carbons (Fsp3) is 0. The maximum Gasteiger partial charge on any atom is 0.158 e. The number of nitrogens with zero attached hydrogens (tertiary/aromatic N) is 3. The molecular weight excluding hydrogens is 286 g/mol. The maximum absolute atomic E-state index is 8.60. The number of halogens is 1. The number of hydrogen-bond donors (Lipinski definition) is 0. The average molecular weight is 292 g/mol. The van der Waals surface area contributed by atoms with Gasteiger partial charge in [0.05, 0.1) is 12.4 Å². The van der Waals surface area contributed by atoms with Crippen molar-refractivity contribution in [1.82, 2.24) is 9.97 Å². The number of aromatic nitrogens is 2. The first-order chi connectivity index (χ1) is 7.79. The van der Waals surface area contributed by atoms with Gasteiger partial charge in [0, 0.05) is 9.37 Å². The molecule has 0 spiro atoms. The van der Waals surface area contributed by atoms with Gasteiger partial charge in [0.15, 0.2) is 5.69 Å². The van der Waals surface area contributed by atoms with Crippen LogP contribution >= 0.6 is 27.7 Å². The molecule has 0 atom stereocenters. The van der Waals surface area contributed by atoms with Crippen LogP contribution in [0.4, 0.5) is 0 Å². The lowest BCUT2D eigenvalue weighted by Gasteiger charge is -2.02. The predicted octanol–water partition coefficient (Wildman–Crippen LogP) is 3.26. The Balaban J connectivity index is 2.22. The Hall–Kier alpha value is -1.38.